The number of hydrogen-bond donors (Lipinski definition) is 2. The molecule has 0 aliphatic rings. The summed E-state index contributed by atoms with van der Waals surface area (Å²) in [6, 6.07) is 9.93. The van der Waals surface area contributed by atoms with Gasteiger partial charge >= 0.3 is 0 Å². The van der Waals surface area contributed by atoms with E-state index in [1.54, 1.807) is 19.5 Å². The molecule has 0 bridgehead atoms. The van der Waals surface area contributed by atoms with Crippen LogP contribution in [0.1, 0.15) is 28.8 Å². The Labute approximate surface area is 159 Å². The van der Waals surface area contributed by atoms with Crippen LogP contribution in [0.2, 0.25) is 0 Å². The lowest BCUT2D eigenvalue weighted by Gasteiger charge is -2.13. The monoisotopic (exact) mass is 366 g/mol. The molecule has 0 spiro atoms. The van der Waals surface area contributed by atoms with E-state index in [9.17, 15) is 0 Å². The minimum absolute atomic E-state index is 0.463. The quantitative estimate of drug-likeness (QED) is 0.538. The number of H-pyrrole nitrogens is 1. The van der Waals surface area contributed by atoms with Crippen LogP contribution in [0.4, 0.5) is 0 Å². The number of aryl methyl sites for hydroxylation is 2. The molecular formula is C21H26N4O2. The maximum atomic E-state index is 5.94. The Morgan fingerprint density at radius 2 is 2.04 bits per heavy atom. The summed E-state index contributed by atoms with van der Waals surface area (Å²) in [4.78, 5) is 4.11. The van der Waals surface area contributed by atoms with Crippen molar-refractivity contribution in [2.24, 2.45) is 0 Å². The van der Waals surface area contributed by atoms with Crippen LogP contribution < -0.4 is 14.8 Å². The largest absolute Gasteiger partial charge is 0.493 e. The summed E-state index contributed by atoms with van der Waals surface area (Å²) in [6.07, 6.45) is 7.56. The fourth-order valence-corrected chi connectivity index (χ4v) is 2.85. The van der Waals surface area contributed by atoms with Crippen molar-refractivity contribution in [3.63, 3.8) is 0 Å². The highest BCUT2D eigenvalue weighted by atomic mass is 16.5. The first-order valence-corrected chi connectivity index (χ1v) is 9.14. The summed E-state index contributed by atoms with van der Waals surface area (Å²) in [7, 11) is 1.65. The van der Waals surface area contributed by atoms with Crippen LogP contribution in [-0.4, -0.2) is 28.8 Å². The van der Waals surface area contributed by atoms with E-state index in [4.69, 9.17) is 9.47 Å². The normalized spacial score (nSPS) is 10.7. The number of aromatic nitrogens is 3. The van der Waals surface area contributed by atoms with Gasteiger partial charge in [0.1, 0.15) is 6.61 Å². The maximum absolute atomic E-state index is 5.94. The third-order valence-electron chi connectivity index (χ3n) is 4.41. The number of nitrogens with one attached hydrogen (secondary N) is 2. The van der Waals surface area contributed by atoms with Gasteiger partial charge in [-0.2, -0.15) is 5.10 Å². The summed E-state index contributed by atoms with van der Waals surface area (Å²) in [5.41, 5.74) is 4.63. The van der Waals surface area contributed by atoms with E-state index < -0.39 is 0 Å². The second-order valence-corrected chi connectivity index (χ2v) is 6.44. The van der Waals surface area contributed by atoms with Gasteiger partial charge in [0.15, 0.2) is 11.5 Å². The zero-order valence-electron chi connectivity index (χ0n) is 15.9. The summed E-state index contributed by atoms with van der Waals surface area (Å²) in [5, 5.41) is 10.5. The average molecular weight is 366 g/mol. The molecule has 1 aromatic carbocycles. The highest BCUT2D eigenvalue weighted by Gasteiger charge is 2.07. The van der Waals surface area contributed by atoms with E-state index in [2.05, 4.69) is 33.5 Å². The van der Waals surface area contributed by atoms with Gasteiger partial charge in [0.05, 0.1) is 13.3 Å². The van der Waals surface area contributed by atoms with Crippen molar-refractivity contribution in [2.75, 3.05) is 13.7 Å². The minimum atomic E-state index is 0.463. The first kappa shape index (κ1) is 18.9. The van der Waals surface area contributed by atoms with Crippen molar-refractivity contribution in [2.45, 2.75) is 32.9 Å². The fourth-order valence-electron chi connectivity index (χ4n) is 2.85. The van der Waals surface area contributed by atoms with Crippen LogP contribution in [0.5, 0.6) is 11.5 Å². The van der Waals surface area contributed by atoms with Crippen molar-refractivity contribution < 1.29 is 9.47 Å². The van der Waals surface area contributed by atoms with Gasteiger partial charge in [-0.3, -0.25) is 10.1 Å². The van der Waals surface area contributed by atoms with Crippen LogP contribution in [0.15, 0.2) is 48.9 Å². The Balaban J connectivity index is 1.49. The van der Waals surface area contributed by atoms with Crippen molar-refractivity contribution in [3.05, 3.63) is 71.3 Å². The zero-order chi connectivity index (χ0) is 18.9. The van der Waals surface area contributed by atoms with Gasteiger partial charge in [-0.05, 0) is 55.6 Å². The molecule has 0 aliphatic heterocycles. The summed E-state index contributed by atoms with van der Waals surface area (Å²) in [5.74, 6) is 1.48. The van der Waals surface area contributed by atoms with Crippen molar-refractivity contribution >= 4 is 0 Å². The number of methoxy groups -OCH3 is 1. The highest BCUT2D eigenvalue weighted by Crippen LogP contribution is 2.28. The van der Waals surface area contributed by atoms with Gasteiger partial charge in [0, 0.05) is 30.2 Å². The topological polar surface area (TPSA) is 72.1 Å². The van der Waals surface area contributed by atoms with Crippen molar-refractivity contribution in [3.8, 4) is 11.5 Å². The van der Waals surface area contributed by atoms with Gasteiger partial charge in [-0.25, -0.2) is 0 Å². The number of hydrogen-bond acceptors (Lipinski definition) is 5. The molecule has 2 heterocycles. The third kappa shape index (κ3) is 5.56. The first-order valence-electron chi connectivity index (χ1n) is 9.14. The smallest absolute Gasteiger partial charge is 0.161 e. The standard InChI is InChI=1S/C21H26N4O2/c1-16-19(14-24-25-16)6-4-10-22-12-17-7-8-20(26-2)21(11-17)27-15-18-5-3-9-23-13-18/h3,5,7-9,11,13-14,22H,4,6,10,12,15H2,1-2H3,(H,24,25). The molecule has 0 unspecified atom stereocenters. The van der Waals surface area contributed by atoms with Gasteiger partial charge in [0.2, 0.25) is 0 Å². The molecule has 0 radical (unpaired) electrons. The number of aromatic amines is 1. The lowest BCUT2D eigenvalue weighted by Crippen LogP contribution is -2.15. The minimum Gasteiger partial charge on any atom is -0.493 e. The van der Waals surface area contributed by atoms with E-state index >= 15 is 0 Å². The van der Waals surface area contributed by atoms with E-state index in [1.165, 1.54) is 5.56 Å². The van der Waals surface area contributed by atoms with Crippen molar-refractivity contribution in [1.82, 2.24) is 20.5 Å². The van der Waals surface area contributed by atoms with E-state index in [0.717, 1.165) is 54.3 Å². The second kappa shape index (κ2) is 9.73. The number of benzene rings is 1. The molecule has 2 aromatic heterocycles. The number of ether oxygens (including phenoxy) is 2. The van der Waals surface area contributed by atoms with Crippen molar-refractivity contribution in [1.29, 1.82) is 0 Å². The van der Waals surface area contributed by atoms with Crippen LogP contribution in [0.25, 0.3) is 0 Å². The highest BCUT2D eigenvalue weighted by molar-refractivity contribution is 5.43. The Hall–Kier alpha value is -2.86. The zero-order valence-corrected chi connectivity index (χ0v) is 15.9. The SMILES string of the molecule is COc1ccc(CNCCCc2cn[nH]c2C)cc1OCc1cccnc1. The molecule has 6 nitrogen and oxygen atoms in total. The molecular weight excluding hydrogens is 340 g/mol. The second-order valence-electron chi connectivity index (χ2n) is 6.44. The predicted octanol–water partition coefficient (Wildman–Crippen LogP) is 3.42. The van der Waals surface area contributed by atoms with Crippen LogP contribution in [0, 0.1) is 6.92 Å². The van der Waals surface area contributed by atoms with Gasteiger partial charge < -0.3 is 14.8 Å². The Kier molecular flexibility index (Phi) is 6.82. The Bertz CT molecular complexity index is 833. The third-order valence-corrected chi connectivity index (χ3v) is 4.41. The molecule has 0 fully saturated rings. The van der Waals surface area contributed by atoms with Gasteiger partial charge in [0.25, 0.3) is 0 Å². The molecule has 0 aliphatic carbocycles. The molecule has 142 valence electrons. The summed E-state index contributed by atoms with van der Waals surface area (Å²) >= 11 is 0. The fraction of sp³-hybridized carbons (Fsp3) is 0.333. The molecule has 3 aromatic rings. The number of nitrogens with zero attached hydrogens (tertiary/aromatic N) is 2. The molecule has 0 saturated heterocycles. The molecule has 0 amide bonds. The first-order chi connectivity index (χ1) is 13.3. The number of pyridine rings is 1. The molecule has 2 N–H and O–H groups in total. The number of rotatable bonds is 10. The van der Waals surface area contributed by atoms with E-state index in [-0.39, 0.29) is 0 Å². The average Bonchev–Trinajstić information content (AvgIpc) is 3.12. The van der Waals surface area contributed by atoms with Crippen LogP contribution in [0.3, 0.4) is 0 Å². The Morgan fingerprint density at radius 1 is 1.11 bits per heavy atom. The Morgan fingerprint density at radius 3 is 2.78 bits per heavy atom. The molecule has 0 atom stereocenters. The molecule has 27 heavy (non-hydrogen) atoms. The van der Waals surface area contributed by atoms with Gasteiger partial charge in [-0.1, -0.05) is 12.1 Å². The maximum Gasteiger partial charge on any atom is 0.161 e. The molecule has 0 saturated carbocycles. The van der Waals surface area contributed by atoms with E-state index in [1.807, 2.05) is 30.5 Å². The lowest BCUT2D eigenvalue weighted by molar-refractivity contribution is 0.283. The van der Waals surface area contributed by atoms with E-state index in [0.29, 0.717) is 6.61 Å². The van der Waals surface area contributed by atoms with Gasteiger partial charge in [-0.15, -0.1) is 0 Å². The summed E-state index contributed by atoms with van der Waals surface area (Å²) in [6.45, 7) is 4.26. The molecule has 6 heteroatoms. The molecule has 3 rings (SSSR count). The summed E-state index contributed by atoms with van der Waals surface area (Å²) < 4.78 is 11.4. The van der Waals surface area contributed by atoms with Crippen LogP contribution >= 0.6 is 0 Å². The predicted molar refractivity (Wildman–Crippen MR) is 105 cm³/mol. The lowest BCUT2D eigenvalue weighted by atomic mass is 10.1. The van der Waals surface area contributed by atoms with Crippen LogP contribution in [-0.2, 0) is 19.6 Å².